The highest BCUT2D eigenvalue weighted by Crippen LogP contribution is 2.32. The lowest BCUT2D eigenvalue weighted by Crippen LogP contribution is -2.30. The zero-order valence-electron chi connectivity index (χ0n) is 12.6. The number of rotatable bonds is 4. The van der Waals surface area contributed by atoms with Gasteiger partial charge in [-0.2, -0.15) is 13.2 Å². The van der Waals surface area contributed by atoms with Crippen LogP contribution in [0.3, 0.4) is 0 Å². The molecule has 1 amide bonds. The minimum absolute atomic E-state index is 0.130. The number of nitrogens with two attached hydrogens (primary N) is 1. The predicted octanol–water partition coefficient (Wildman–Crippen LogP) is 3.40. The molecule has 1 atom stereocenters. The van der Waals surface area contributed by atoms with E-state index in [9.17, 15) is 22.8 Å². The summed E-state index contributed by atoms with van der Waals surface area (Å²) in [4.78, 5) is 23.2. The van der Waals surface area contributed by atoms with Gasteiger partial charge in [-0.05, 0) is 36.2 Å². The molecule has 0 radical (unpaired) electrons. The standard InChI is InChI=1S/C17H14F3NO3/c1-10(15(21)22)24-16(23)14-5-3-2-4-13(14)11-6-8-12(9-7-11)17(18,19)20/h2-10H,1H3,(H2,21,22)/t10-/m1/s1. The largest absolute Gasteiger partial charge is 0.449 e. The average Bonchev–Trinajstić information content (AvgIpc) is 2.54. The van der Waals surface area contributed by atoms with Crippen molar-refractivity contribution >= 4 is 11.9 Å². The number of ether oxygens (including phenoxy) is 1. The van der Waals surface area contributed by atoms with E-state index in [1.807, 2.05) is 0 Å². The summed E-state index contributed by atoms with van der Waals surface area (Å²) in [7, 11) is 0. The Balaban J connectivity index is 2.35. The first-order chi connectivity index (χ1) is 11.2. The van der Waals surface area contributed by atoms with Crippen LogP contribution in [0.4, 0.5) is 13.2 Å². The molecule has 2 rings (SSSR count). The van der Waals surface area contributed by atoms with Crippen LogP contribution in [-0.4, -0.2) is 18.0 Å². The number of hydrogen-bond acceptors (Lipinski definition) is 3. The third kappa shape index (κ3) is 3.92. The summed E-state index contributed by atoms with van der Waals surface area (Å²) in [5.74, 6) is -1.58. The van der Waals surface area contributed by atoms with E-state index in [1.54, 1.807) is 18.2 Å². The Kier molecular flexibility index (Phi) is 4.92. The van der Waals surface area contributed by atoms with Gasteiger partial charge in [0.2, 0.25) is 0 Å². The fourth-order valence-corrected chi connectivity index (χ4v) is 2.03. The Hall–Kier alpha value is -2.83. The molecule has 7 heteroatoms. The molecule has 0 aromatic heterocycles. The summed E-state index contributed by atoms with van der Waals surface area (Å²) >= 11 is 0. The quantitative estimate of drug-likeness (QED) is 0.869. The number of hydrogen-bond donors (Lipinski definition) is 1. The van der Waals surface area contributed by atoms with E-state index in [4.69, 9.17) is 10.5 Å². The summed E-state index contributed by atoms with van der Waals surface area (Å²) < 4.78 is 42.8. The lowest BCUT2D eigenvalue weighted by atomic mass is 9.98. The number of halogens is 3. The number of carbonyl (C=O) groups excluding carboxylic acids is 2. The third-order valence-electron chi connectivity index (χ3n) is 3.35. The maximum atomic E-state index is 12.6. The number of carbonyl (C=O) groups is 2. The molecule has 0 fully saturated rings. The summed E-state index contributed by atoms with van der Waals surface area (Å²) in [6.07, 6.45) is -5.55. The second kappa shape index (κ2) is 6.74. The fourth-order valence-electron chi connectivity index (χ4n) is 2.03. The van der Waals surface area contributed by atoms with Crippen LogP contribution in [0.2, 0.25) is 0 Å². The van der Waals surface area contributed by atoms with Crippen molar-refractivity contribution in [2.45, 2.75) is 19.2 Å². The first-order valence-corrected chi connectivity index (χ1v) is 6.97. The molecular weight excluding hydrogens is 323 g/mol. The number of benzene rings is 2. The first kappa shape index (κ1) is 17.5. The molecule has 0 aliphatic heterocycles. The fraction of sp³-hybridized carbons (Fsp3) is 0.176. The van der Waals surface area contributed by atoms with Gasteiger partial charge in [-0.15, -0.1) is 0 Å². The number of amides is 1. The van der Waals surface area contributed by atoms with E-state index in [2.05, 4.69) is 0 Å². The van der Waals surface area contributed by atoms with Gasteiger partial charge in [-0.3, -0.25) is 4.79 Å². The molecule has 4 nitrogen and oxygen atoms in total. The molecule has 2 aromatic carbocycles. The lowest BCUT2D eigenvalue weighted by molar-refractivity contribution is -0.137. The molecule has 2 aromatic rings. The molecule has 0 heterocycles. The van der Waals surface area contributed by atoms with Gasteiger partial charge >= 0.3 is 12.1 Å². The van der Waals surface area contributed by atoms with Crippen LogP contribution >= 0.6 is 0 Å². The van der Waals surface area contributed by atoms with E-state index in [0.717, 1.165) is 12.1 Å². The lowest BCUT2D eigenvalue weighted by Gasteiger charge is -2.13. The highest BCUT2D eigenvalue weighted by Gasteiger charge is 2.30. The van der Waals surface area contributed by atoms with Crippen molar-refractivity contribution in [2.24, 2.45) is 5.73 Å². The van der Waals surface area contributed by atoms with Gasteiger partial charge in [0.25, 0.3) is 5.91 Å². The monoisotopic (exact) mass is 337 g/mol. The Morgan fingerprint density at radius 2 is 1.62 bits per heavy atom. The third-order valence-corrected chi connectivity index (χ3v) is 3.35. The molecule has 0 unspecified atom stereocenters. The highest BCUT2D eigenvalue weighted by molar-refractivity contribution is 5.98. The maximum absolute atomic E-state index is 12.6. The van der Waals surface area contributed by atoms with Crippen molar-refractivity contribution < 1.29 is 27.5 Å². The average molecular weight is 337 g/mol. The topological polar surface area (TPSA) is 69.4 Å². The smallest absolute Gasteiger partial charge is 0.416 e. The van der Waals surface area contributed by atoms with Crippen LogP contribution in [0.15, 0.2) is 48.5 Å². The first-order valence-electron chi connectivity index (χ1n) is 6.97. The van der Waals surface area contributed by atoms with Gasteiger partial charge in [0.1, 0.15) is 0 Å². The highest BCUT2D eigenvalue weighted by atomic mass is 19.4. The van der Waals surface area contributed by atoms with Gasteiger partial charge in [0.15, 0.2) is 6.10 Å². The van der Waals surface area contributed by atoms with Crippen molar-refractivity contribution in [3.63, 3.8) is 0 Å². The molecule has 0 aliphatic rings. The number of alkyl halides is 3. The zero-order valence-corrected chi connectivity index (χ0v) is 12.6. The summed E-state index contributed by atoms with van der Waals surface area (Å²) in [6.45, 7) is 1.33. The van der Waals surface area contributed by atoms with Gasteiger partial charge in [0, 0.05) is 0 Å². The SMILES string of the molecule is C[C@@H](OC(=O)c1ccccc1-c1ccc(C(F)(F)F)cc1)C(N)=O. The molecule has 2 N–H and O–H groups in total. The van der Waals surface area contributed by atoms with E-state index < -0.39 is 29.7 Å². The number of primary amides is 1. The van der Waals surface area contributed by atoms with Crippen LogP contribution in [-0.2, 0) is 15.7 Å². The van der Waals surface area contributed by atoms with Gasteiger partial charge in [-0.25, -0.2) is 4.79 Å². The molecular formula is C17H14F3NO3. The Bertz CT molecular complexity index is 754. The van der Waals surface area contributed by atoms with Crippen LogP contribution in [0.5, 0.6) is 0 Å². The molecule has 0 spiro atoms. The van der Waals surface area contributed by atoms with E-state index in [-0.39, 0.29) is 5.56 Å². The Morgan fingerprint density at radius 1 is 1.04 bits per heavy atom. The van der Waals surface area contributed by atoms with Crippen molar-refractivity contribution in [1.82, 2.24) is 0 Å². The van der Waals surface area contributed by atoms with Gasteiger partial charge in [-0.1, -0.05) is 30.3 Å². The van der Waals surface area contributed by atoms with Crippen LogP contribution in [0.1, 0.15) is 22.8 Å². The summed E-state index contributed by atoms with van der Waals surface area (Å²) in [6, 6.07) is 10.7. The Morgan fingerprint density at radius 3 is 2.17 bits per heavy atom. The van der Waals surface area contributed by atoms with Crippen LogP contribution < -0.4 is 5.73 Å². The molecule has 0 bridgehead atoms. The summed E-state index contributed by atoms with van der Waals surface area (Å²) in [5.41, 5.74) is 5.21. The Labute approximate surface area is 136 Å². The minimum atomic E-state index is -4.44. The van der Waals surface area contributed by atoms with Crippen molar-refractivity contribution in [2.75, 3.05) is 0 Å². The molecule has 126 valence electrons. The molecule has 0 saturated heterocycles. The minimum Gasteiger partial charge on any atom is -0.449 e. The van der Waals surface area contributed by atoms with Crippen molar-refractivity contribution in [1.29, 1.82) is 0 Å². The predicted molar refractivity (Wildman–Crippen MR) is 81.0 cm³/mol. The molecule has 0 aliphatic carbocycles. The van der Waals surface area contributed by atoms with Crippen molar-refractivity contribution in [3.8, 4) is 11.1 Å². The second-order valence-electron chi connectivity index (χ2n) is 5.07. The second-order valence-corrected chi connectivity index (χ2v) is 5.07. The van der Waals surface area contributed by atoms with Crippen LogP contribution in [0, 0.1) is 0 Å². The van der Waals surface area contributed by atoms with E-state index >= 15 is 0 Å². The zero-order chi connectivity index (χ0) is 17.9. The van der Waals surface area contributed by atoms with Crippen LogP contribution in [0.25, 0.3) is 11.1 Å². The normalized spacial score (nSPS) is 12.5. The van der Waals surface area contributed by atoms with Crippen molar-refractivity contribution in [3.05, 3.63) is 59.7 Å². The number of esters is 1. The van der Waals surface area contributed by atoms with Gasteiger partial charge in [0.05, 0.1) is 11.1 Å². The summed E-state index contributed by atoms with van der Waals surface area (Å²) in [5, 5.41) is 0. The molecule has 24 heavy (non-hydrogen) atoms. The molecule has 0 saturated carbocycles. The maximum Gasteiger partial charge on any atom is 0.416 e. The van der Waals surface area contributed by atoms with E-state index in [1.165, 1.54) is 25.1 Å². The van der Waals surface area contributed by atoms with E-state index in [0.29, 0.717) is 11.1 Å². The van der Waals surface area contributed by atoms with Gasteiger partial charge < -0.3 is 10.5 Å².